The van der Waals surface area contributed by atoms with Crippen LogP contribution in [-0.2, 0) is 6.54 Å². The molecule has 0 aliphatic carbocycles. The molecule has 0 radical (unpaired) electrons. The second kappa shape index (κ2) is 8.14. The average molecular weight is 291 g/mol. The van der Waals surface area contributed by atoms with Crippen LogP contribution in [0.2, 0.25) is 0 Å². The Labute approximate surface area is 125 Å². The van der Waals surface area contributed by atoms with Crippen molar-refractivity contribution < 1.29 is 14.6 Å². The SMILES string of the molecule is OCC#Cc1cc(CN2CCCCCC2CO)ccc1F. The van der Waals surface area contributed by atoms with Gasteiger partial charge < -0.3 is 10.2 Å². The number of aliphatic hydroxyl groups excluding tert-OH is 2. The molecule has 1 aromatic rings. The molecular formula is C17H22FNO2. The van der Waals surface area contributed by atoms with Gasteiger partial charge >= 0.3 is 0 Å². The van der Waals surface area contributed by atoms with Crippen LogP contribution in [0.25, 0.3) is 0 Å². The third kappa shape index (κ3) is 4.53. The highest BCUT2D eigenvalue weighted by Crippen LogP contribution is 2.20. The summed E-state index contributed by atoms with van der Waals surface area (Å²) in [7, 11) is 0. The third-order valence-corrected chi connectivity index (χ3v) is 3.93. The summed E-state index contributed by atoms with van der Waals surface area (Å²) in [5, 5.41) is 18.2. The molecule has 0 saturated carbocycles. The van der Waals surface area contributed by atoms with E-state index in [1.165, 1.54) is 12.5 Å². The number of benzene rings is 1. The van der Waals surface area contributed by atoms with Crippen molar-refractivity contribution in [3.63, 3.8) is 0 Å². The molecule has 3 nitrogen and oxygen atoms in total. The normalized spacial score (nSPS) is 19.7. The number of aliphatic hydroxyl groups is 2. The van der Waals surface area contributed by atoms with Crippen LogP contribution in [0, 0.1) is 17.7 Å². The van der Waals surface area contributed by atoms with E-state index in [0.29, 0.717) is 12.1 Å². The van der Waals surface area contributed by atoms with Crippen LogP contribution in [0.15, 0.2) is 18.2 Å². The Balaban J connectivity index is 2.14. The molecule has 1 atom stereocenters. The number of nitrogens with zero attached hydrogens (tertiary/aromatic N) is 1. The summed E-state index contributed by atoms with van der Waals surface area (Å²) < 4.78 is 13.6. The molecule has 1 unspecified atom stereocenters. The van der Waals surface area contributed by atoms with Crippen molar-refractivity contribution in [2.45, 2.75) is 38.3 Å². The van der Waals surface area contributed by atoms with Gasteiger partial charge in [-0.05, 0) is 37.1 Å². The Bertz CT molecular complexity index is 521. The van der Waals surface area contributed by atoms with Crippen LogP contribution >= 0.6 is 0 Å². The van der Waals surface area contributed by atoms with E-state index >= 15 is 0 Å². The third-order valence-electron chi connectivity index (χ3n) is 3.93. The number of halogens is 1. The van der Waals surface area contributed by atoms with Gasteiger partial charge in [-0.25, -0.2) is 4.39 Å². The fourth-order valence-electron chi connectivity index (χ4n) is 2.79. The van der Waals surface area contributed by atoms with E-state index in [9.17, 15) is 9.50 Å². The van der Waals surface area contributed by atoms with Crippen LogP contribution in [-0.4, -0.2) is 40.9 Å². The highest BCUT2D eigenvalue weighted by Gasteiger charge is 2.20. The van der Waals surface area contributed by atoms with Gasteiger partial charge in [0.1, 0.15) is 12.4 Å². The topological polar surface area (TPSA) is 43.7 Å². The van der Waals surface area contributed by atoms with E-state index in [1.807, 2.05) is 0 Å². The van der Waals surface area contributed by atoms with Crippen molar-refractivity contribution in [1.29, 1.82) is 0 Å². The molecule has 0 bridgehead atoms. The van der Waals surface area contributed by atoms with E-state index in [-0.39, 0.29) is 25.1 Å². The lowest BCUT2D eigenvalue weighted by molar-refractivity contribution is 0.118. The molecule has 2 rings (SSSR count). The Hall–Kier alpha value is -1.41. The van der Waals surface area contributed by atoms with Gasteiger partial charge in [0.05, 0.1) is 12.2 Å². The minimum atomic E-state index is -0.366. The summed E-state index contributed by atoms with van der Waals surface area (Å²) in [6, 6.07) is 5.10. The van der Waals surface area contributed by atoms with Crippen molar-refractivity contribution >= 4 is 0 Å². The van der Waals surface area contributed by atoms with Crippen LogP contribution in [0.4, 0.5) is 4.39 Å². The van der Waals surface area contributed by atoms with Gasteiger partial charge in [-0.2, -0.15) is 0 Å². The highest BCUT2D eigenvalue weighted by atomic mass is 19.1. The summed E-state index contributed by atoms with van der Waals surface area (Å²) >= 11 is 0. The number of hydrogen-bond donors (Lipinski definition) is 2. The van der Waals surface area contributed by atoms with Crippen LogP contribution in [0.3, 0.4) is 0 Å². The molecule has 1 heterocycles. The van der Waals surface area contributed by atoms with E-state index in [4.69, 9.17) is 5.11 Å². The Morgan fingerprint density at radius 2 is 2.10 bits per heavy atom. The fraction of sp³-hybridized carbons (Fsp3) is 0.529. The molecule has 114 valence electrons. The lowest BCUT2D eigenvalue weighted by atomic mass is 10.1. The van der Waals surface area contributed by atoms with E-state index in [2.05, 4.69) is 16.7 Å². The summed E-state index contributed by atoms with van der Waals surface area (Å²) in [6.45, 7) is 1.54. The summed E-state index contributed by atoms with van der Waals surface area (Å²) in [6.07, 6.45) is 4.49. The van der Waals surface area contributed by atoms with E-state index < -0.39 is 0 Å². The minimum Gasteiger partial charge on any atom is -0.395 e. The minimum absolute atomic E-state index is 0.165. The maximum atomic E-state index is 13.6. The number of rotatable bonds is 3. The second-order valence-corrected chi connectivity index (χ2v) is 5.43. The lowest BCUT2D eigenvalue weighted by Crippen LogP contribution is -2.36. The standard InChI is InChI=1S/C17H22FNO2/c18-17-8-7-14(11-15(17)5-4-10-20)12-19-9-3-1-2-6-16(19)13-21/h7-8,11,16,20-21H,1-3,6,9-10,12-13H2. The monoisotopic (exact) mass is 291 g/mol. The first kappa shape index (κ1) is 16.0. The maximum Gasteiger partial charge on any atom is 0.138 e. The number of likely N-dealkylation sites (tertiary alicyclic amines) is 1. The molecule has 21 heavy (non-hydrogen) atoms. The largest absolute Gasteiger partial charge is 0.395 e. The molecule has 1 fully saturated rings. The van der Waals surface area contributed by atoms with Gasteiger partial charge in [0.15, 0.2) is 0 Å². The van der Waals surface area contributed by atoms with Gasteiger partial charge in [-0.1, -0.05) is 30.7 Å². The molecule has 0 spiro atoms. The molecule has 0 amide bonds. The van der Waals surface area contributed by atoms with Crippen molar-refractivity contribution in [3.05, 3.63) is 35.1 Å². The van der Waals surface area contributed by atoms with Gasteiger partial charge in [-0.3, -0.25) is 4.90 Å². The van der Waals surface area contributed by atoms with Gasteiger partial charge in [-0.15, -0.1) is 0 Å². The van der Waals surface area contributed by atoms with Crippen LogP contribution in [0.5, 0.6) is 0 Å². The van der Waals surface area contributed by atoms with Crippen molar-refractivity contribution in [2.75, 3.05) is 19.8 Å². The summed E-state index contributed by atoms with van der Waals surface area (Å²) in [4.78, 5) is 2.27. The first-order chi connectivity index (χ1) is 10.2. The van der Waals surface area contributed by atoms with Crippen molar-refractivity contribution in [1.82, 2.24) is 4.90 Å². The molecule has 1 aliphatic rings. The fourth-order valence-corrected chi connectivity index (χ4v) is 2.79. The Morgan fingerprint density at radius 3 is 2.86 bits per heavy atom. The van der Waals surface area contributed by atoms with Gasteiger partial charge in [0.2, 0.25) is 0 Å². The zero-order chi connectivity index (χ0) is 15.1. The molecule has 2 N–H and O–H groups in total. The molecule has 1 aromatic carbocycles. The zero-order valence-electron chi connectivity index (χ0n) is 12.2. The van der Waals surface area contributed by atoms with Gasteiger partial charge in [0, 0.05) is 12.6 Å². The Morgan fingerprint density at radius 1 is 1.24 bits per heavy atom. The highest BCUT2D eigenvalue weighted by molar-refractivity contribution is 5.38. The quantitative estimate of drug-likeness (QED) is 0.836. The van der Waals surface area contributed by atoms with Crippen molar-refractivity contribution in [3.8, 4) is 11.8 Å². The Kier molecular flexibility index (Phi) is 6.19. The average Bonchev–Trinajstić information content (AvgIpc) is 2.72. The molecule has 1 aliphatic heterocycles. The van der Waals surface area contributed by atoms with E-state index in [0.717, 1.165) is 31.4 Å². The molecule has 0 aromatic heterocycles. The summed E-state index contributed by atoms with van der Waals surface area (Å²) in [5.74, 6) is 4.75. The summed E-state index contributed by atoms with van der Waals surface area (Å²) in [5.41, 5.74) is 1.30. The predicted octanol–water partition coefficient (Wildman–Crippen LogP) is 1.91. The first-order valence-electron chi connectivity index (χ1n) is 7.47. The van der Waals surface area contributed by atoms with Crippen LogP contribution in [0.1, 0.15) is 36.8 Å². The molecule has 1 saturated heterocycles. The first-order valence-corrected chi connectivity index (χ1v) is 7.47. The van der Waals surface area contributed by atoms with Crippen molar-refractivity contribution in [2.24, 2.45) is 0 Å². The zero-order valence-corrected chi connectivity index (χ0v) is 12.2. The maximum absolute atomic E-state index is 13.6. The number of hydrogen-bond acceptors (Lipinski definition) is 3. The predicted molar refractivity (Wildman–Crippen MR) is 80.1 cm³/mol. The second-order valence-electron chi connectivity index (χ2n) is 5.43. The molecular weight excluding hydrogens is 269 g/mol. The lowest BCUT2D eigenvalue weighted by Gasteiger charge is -2.28. The smallest absolute Gasteiger partial charge is 0.138 e. The van der Waals surface area contributed by atoms with Crippen LogP contribution < -0.4 is 0 Å². The van der Waals surface area contributed by atoms with E-state index in [1.54, 1.807) is 12.1 Å². The molecule has 4 heteroatoms. The van der Waals surface area contributed by atoms with Gasteiger partial charge in [0.25, 0.3) is 0 Å².